The third-order valence-electron chi connectivity index (χ3n) is 3.61. The van der Waals surface area contributed by atoms with E-state index >= 15 is 0 Å². The van der Waals surface area contributed by atoms with E-state index in [-0.39, 0.29) is 23.8 Å². The second-order valence-corrected chi connectivity index (χ2v) is 6.25. The van der Waals surface area contributed by atoms with Crippen LogP contribution in [0.5, 0.6) is 0 Å². The molecule has 3 nitrogen and oxygen atoms in total. The molecule has 0 spiro atoms. The van der Waals surface area contributed by atoms with E-state index in [1.807, 2.05) is 37.4 Å². The van der Waals surface area contributed by atoms with Gasteiger partial charge < -0.3 is 10.4 Å². The molecule has 2 rings (SSSR count). The minimum atomic E-state index is -0.0436. The first-order valence-corrected chi connectivity index (χ1v) is 8.33. The Hall–Kier alpha value is -1.52. The van der Waals surface area contributed by atoms with Gasteiger partial charge in [-0.3, -0.25) is 4.79 Å². The minimum Gasteiger partial charge on any atom is -0.395 e. The second kappa shape index (κ2) is 7.48. The van der Waals surface area contributed by atoms with Gasteiger partial charge in [-0.25, -0.2) is 0 Å². The molecule has 2 N–H and O–H groups in total. The fourth-order valence-electron chi connectivity index (χ4n) is 2.37. The summed E-state index contributed by atoms with van der Waals surface area (Å²) in [5.74, 6) is -0.00900. The lowest BCUT2D eigenvalue weighted by atomic mass is 10.0. The van der Waals surface area contributed by atoms with Crippen molar-refractivity contribution < 1.29 is 9.90 Å². The largest absolute Gasteiger partial charge is 0.395 e. The molecule has 0 saturated heterocycles. The van der Waals surface area contributed by atoms with Gasteiger partial charge in [-0.1, -0.05) is 42.5 Å². The molecule has 21 heavy (non-hydrogen) atoms. The first-order valence-electron chi connectivity index (χ1n) is 7.04. The van der Waals surface area contributed by atoms with E-state index in [2.05, 4.69) is 23.5 Å². The Morgan fingerprint density at radius 2 is 1.95 bits per heavy atom. The van der Waals surface area contributed by atoms with Gasteiger partial charge in [0.05, 0.1) is 13.0 Å². The third kappa shape index (κ3) is 4.22. The smallest absolute Gasteiger partial charge is 0.224 e. The number of amides is 1. The fourth-order valence-corrected chi connectivity index (χ4v) is 2.99. The van der Waals surface area contributed by atoms with Crippen molar-refractivity contribution in [1.82, 2.24) is 5.32 Å². The molecule has 0 bridgehead atoms. The van der Waals surface area contributed by atoms with E-state index in [0.29, 0.717) is 6.42 Å². The zero-order valence-electron chi connectivity index (χ0n) is 12.4. The van der Waals surface area contributed by atoms with E-state index in [4.69, 9.17) is 0 Å². The molecular formula is C17H21NO2S. The molecule has 0 fully saturated rings. The van der Waals surface area contributed by atoms with Gasteiger partial charge in [-0.15, -0.1) is 0 Å². The Labute approximate surface area is 129 Å². The van der Waals surface area contributed by atoms with Gasteiger partial charge in [-0.2, -0.15) is 11.8 Å². The van der Waals surface area contributed by atoms with Crippen LogP contribution in [-0.4, -0.2) is 35.2 Å². The highest BCUT2D eigenvalue weighted by molar-refractivity contribution is 7.99. The molecule has 112 valence electrons. The highest BCUT2D eigenvalue weighted by atomic mass is 32.2. The summed E-state index contributed by atoms with van der Waals surface area (Å²) >= 11 is 1.56. The molecule has 0 aliphatic carbocycles. The normalized spacial score (nSPS) is 13.9. The average molecular weight is 303 g/mol. The summed E-state index contributed by atoms with van der Waals surface area (Å²) in [7, 11) is 0. The predicted molar refractivity (Wildman–Crippen MR) is 89.6 cm³/mol. The summed E-state index contributed by atoms with van der Waals surface area (Å²) in [4.78, 5) is 12.1. The van der Waals surface area contributed by atoms with Crippen LogP contribution < -0.4 is 5.32 Å². The molecule has 0 aliphatic heterocycles. The summed E-state index contributed by atoms with van der Waals surface area (Å²) in [6.45, 7) is 1.99. The fraction of sp³-hybridized carbons (Fsp3) is 0.353. The van der Waals surface area contributed by atoms with Crippen LogP contribution in [0.25, 0.3) is 10.8 Å². The third-order valence-corrected chi connectivity index (χ3v) is 4.77. The van der Waals surface area contributed by atoms with Gasteiger partial charge in [0.1, 0.15) is 0 Å². The van der Waals surface area contributed by atoms with Crippen molar-refractivity contribution in [3.63, 3.8) is 0 Å². The maximum absolute atomic E-state index is 12.1. The standard InChI is InChI=1S/C17H21NO2S/c1-12(16(11-19)21-2)18-17(20)10-13-7-8-14-5-3-4-6-15(14)9-13/h3-9,12,16,19H,10-11H2,1-2H3,(H,18,20). The van der Waals surface area contributed by atoms with Crippen molar-refractivity contribution in [2.45, 2.75) is 24.6 Å². The number of fused-ring (bicyclic) bond motifs is 1. The summed E-state index contributed by atoms with van der Waals surface area (Å²) in [6.07, 6.45) is 2.30. The summed E-state index contributed by atoms with van der Waals surface area (Å²) in [6, 6.07) is 14.2. The van der Waals surface area contributed by atoms with Gasteiger partial charge in [0, 0.05) is 11.3 Å². The van der Waals surface area contributed by atoms with E-state index in [0.717, 1.165) is 10.9 Å². The van der Waals surface area contributed by atoms with E-state index in [9.17, 15) is 9.90 Å². The van der Waals surface area contributed by atoms with Crippen LogP contribution in [0.3, 0.4) is 0 Å². The van der Waals surface area contributed by atoms with Crippen molar-refractivity contribution >= 4 is 28.4 Å². The number of hydrogen-bond acceptors (Lipinski definition) is 3. The number of carbonyl (C=O) groups is 1. The molecule has 0 heterocycles. The monoisotopic (exact) mass is 303 g/mol. The number of carbonyl (C=O) groups excluding carboxylic acids is 1. The predicted octanol–water partition coefficient (Wildman–Crippen LogP) is 2.61. The zero-order chi connectivity index (χ0) is 15.2. The highest BCUT2D eigenvalue weighted by Crippen LogP contribution is 2.16. The molecule has 2 aromatic carbocycles. The van der Waals surface area contributed by atoms with E-state index in [1.54, 1.807) is 11.8 Å². The highest BCUT2D eigenvalue weighted by Gasteiger charge is 2.17. The number of benzene rings is 2. The molecule has 1 amide bonds. The van der Waals surface area contributed by atoms with Crippen LogP contribution >= 0.6 is 11.8 Å². The second-order valence-electron chi connectivity index (χ2n) is 5.17. The first kappa shape index (κ1) is 15.9. The van der Waals surface area contributed by atoms with Gasteiger partial charge in [0.2, 0.25) is 5.91 Å². The van der Waals surface area contributed by atoms with Gasteiger partial charge in [-0.05, 0) is 29.5 Å². The lowest BCUT2D eigenvalue weighted by Crippen LogP contribution is -2.41. The Morgan fingerprint density at radius 3 is 2.62 bits per heavy atom. The SMILES string of the molecule is CSC(CO)C(C)NC(=O)Cc1ccc2ccccc2c1. The van der Waals surface area contributed by atoms with Crippen molar-refractivity contribution in [3.05, 3.63) is 48.0 Å². The lowest BCUT2D eigenvalue weighted by Gasteiger charge is -2.21. The summed E-state index contributed by atoms with van der Waals surface area (Å²) in [5, 5.41) is 14.6. The summed E-state index contributed by atoms with van der Waals surface area (Å²) in [5.41, 5.74) is 1.00. The zero-order valence-corrected chi connectivity index (χ0v) is 13.2. The molecule has 0 radical (unpaired) electrons. The van der Waals surface area contributed by atoms with Crippen LogP contribution in [0.1, 0.15) is 12.5 Å². The van der Waals surface area contributed by atoms with Gasteiger partial charge in [0.15, 0.2) is 0 Å². The maximum Gasteiger partial charge on any atom is 0.224 e. The quantitative estimate of drug-likeness (QED) is 0.862. The van der Waals surface area contributed by atoms with Crippen molar-refractivity contribution in [3.8, 4) is 0 Å². The Bertz CT molecular complexity index is 611. The van der Waals surface area contributed by atoms with Crippen molar-refractivity contribution in [2.75, 3.05) is 12.9 Å². The molecule has 0 saturated carbocycles. The average Bonchev–Trinajstić information content (AvgIpc) is 2.48. The Morgan fingerprint density at radius 1 is 1.24 bits per heavy atom. The number of thioether (sulfide) groups is 1. The topological polar surface area (TPSA) is 49.3 Å². The minimum absolute atomic E-state index is 0.00900. The number of aliphatic hydroxyl groups is 1. The van der Waals surface area contributed by atoms with Crippen LogP contribution in [0, 0.1) is 0 Å². The first-order chi connectivity index (χ1) is 10.1. The molecule has 0 aliphatic rings. The maximum atomic E-state index is 12.1. The van der Waals surface area contributed by atoms with Crippen LogP contribution in [0.4, 0.5) is 0 Å². The van der Waals surface area contributed by atoms with Crippen LogP contribution in [0.15, 0.2) is 42.5 Å². The molecule has 2 atom stereocenters. The van der Waals surface area contributed by atoms with Crippen molar-refractivity contribution in [2.24, 2.45) is 0 Å². The van der Waals surface area contributed by atoms with Crippen LogP contribution in [-0.2, 0) is 11.2 Å². The van der Waals surface area contributed by atoms with Crippen LogP contribution in [0.2, 0.25) is 0 Å². The molecular weight excluding hydrogens is 282 g/mol. The molecule has 2 unspecified atom stereocenters. The van der Waals surface area contributed by atoms with E-state index in [1.165, 1.54) is 5.39 Å². The Kier molecular flexibility index (Phi) is 5.65. The van der Waals surface area contributed by atoms with E-state index < -0.39 is 0 Å². The lowest BCUT2D eigenvalue weighted by molar-refractivity contribution is -0.121. The molecule has 4 heteroatoms. The molecule has 2 aromatic rings. The number of aliphatic hydroxyl groups excluding tert-OH is 1. The van der Waals surface area contributed by atoms with Crippen molar-refractivity contribution in [1.29, 1.82) is 0 Å². The van der Waals surface area contributed by atoms with Gasteiger partial charge >= 0.3 is 0 Å². The number of hydrogen-bond donors (Lipinski definition) is 2. The number of rotatable bonds is 6. The number of nitrogens with one attached hydrogen (secondary N) is 1. The summed E-state index contributed by atoms with van der Waals surface area (Å²) < 4.78 is 0. The van der Waals surface area contributed by atoms with Gasteiger partial charge in [0.25, 0.3) is 0 Å². The Balaban J connectivity index is 2.01. The molecule has 0 aromatic heterocycles.